The van der Waals surface area contributed by atoms with Crippen LogP contribution in [-0.4, -0.2) is 60.1 Å². The number of para-hydroxylation sites is 2. The van der Waals surface area contributed by atoms with E-state index in [1.165, 1.54) is 6.07 Å². The molecule has 1 saturated heterocycles. The lowest BCUT2D eigenvalue weighted by Gasteiger charge is -2.34. The predicted octanol–water partition coefficient (Wildman–Crippen LogP) is 0.829. The predicted molar refractivity (Wildman–Crippen MR) is 76.9 cm³/mol. The number of hydrogen-bond acceptors (Lipinski definition) is 5. The molecule has 1 amide bonds. The number of rotatable bonds is 5. The Morgan fingerprint density at radius 2 is 2.00 bits per heavy atom. The SMILES string of the molecule is N#CCCN1CCN(C(=O)COc2ccccc2O)CC1. The highest BCUT2D eigenvalue weighted by atomic mass is 16.5. The van der Waals surface area contributed by atoms with Gasteiger partial charge in [0.25, 0.3) is 5.91 Å². The van der Waals surface area contributed by atoms with Gasteiger partial charge in [-0.25, -0.2) is 0 Å². The smallest absolute Gasteiger partial charge is 0.260 e. The fourth-order valence-corrected chi connectivity index (χ4v) is 2.24. The summed E-state index contributed by atoms with van der Waals surface area (Å²) >= 11 is 0. The summed E-state index contributed by atoms with van der Waals surface area (Å²) in [5.74, 6) is 0.267. The van der Waals surface area contributed by atoms with Crippen LogP contribution in [-0.2, 0) is 4.79 Å². The molecule has 0 atom stereocenters. The largest absolute Gasteiger partial charge is 0.504 e. The van der Waals surface area contributed by atoms with Gasteiger partial charge in [0.15, 0.2) is 18.1 Å². The van der Waals surface area contributed by atoms with E-state index in [2.05, 4.69) is 11.0 Å². The van der Waals surface area contributed by atoms with E-state index >= 15 is 0 Å². The molecule has 0 saturated carbocycles. The Bertz CT molecular complexity index is 519. The van der Waals surface area contributed by atoms with Crippen LogP contribution in [0.4, 0.5) is 0 Å². The molecule has 6 nitrogen and oxygen atoms in total. The monoisotopic (exact) mass is 289 g/mol. The minimum Gasteiger partial charge on any atom is -0.504 e. The molecule has 1 aromatic carbocycles. The van der Waals surface area contributed by atoms with Crippen molar-refractivity contribution >= 4 is 5.91 Å². The number of amides is 1. The molecule has 0 bridgehead atoms. The summed E-state index contributed by atoms with van der Waals surface area (Å²) in [7, 11) is 0. The molecule has 1 aliphatic rings. The normalized spacial score (nSPS) is 15.5. The number of aromatic hydroxyl groups is 1. The van der Waals surface area contributed by atoms with Crippen molar-refractivity contribution in [1.29, 1.82) is 5.26 Å². The van der Waals surface area contributed by atoms with Crippen molar-refractivity contribution in [3.8, 4) is 17.6 Å². The number of phenolic OH excluding ortho intramolecular Hbond substituents is 1. The second-order valence-corrected chi connectivity index (χ2v) is 4.89. The Hall–Kier alpha value is -2.26. The van der Waals surface area contributed by atoms with Crippen LogP contribution < -0.4 is 4.74 Å². The first-order valence-corrected chi connectivity index (χ1v) is 6.98. The maximum absolute atomic E-state index is 12.1. The van der Waals surface area contributed by atoms with Crippen LogP contribution in [0.3, 0.4) is 0 Å². The van der Waals surface area contributed by atoms with Gasteiger partial charge in [0.05, 0.1) is 6.07 Å². The number of ether oxygens (including phenoxy) is 1. The molecule has 6 heteroatoms. The van der Waals surface area contributed by atoms with Crippen molar-refractivity contribution in [2.45, 2.75) is 6.42 Å². The molecule has 0 aromatic heterocycles. The third-order valence-corrected chi connectivity index (χ3v) is 3.48. The minimum atomic E-state index is -0.0850. The van der Waals surface area contributed by atoms with E-state index in [0.29, 0.717) is 25.3 Å². The van der Waals surface area contributed by atoms with Gasteiger partial charge < -0.3 is 14.7 Å². The van der Waals surface area contributed by atoms with E-state index < -0.39 is 0 Å². The van der Waals surface area contributed by atoms with E-state index in [9.17, 15) is 9.90 Å². The van der Waals surface area contributed by atoms with Crippen molar-refractivity contribution in [2.75, 3.05) is 39.3 Å². The van der Waals surface area contributed by atoms with Crippen molar-refractivity contribution in [1.82, 2.24) is 9.80 Å². The quantitative estimate of drug-likeness (QED) is 0.868. The summed E-state index contributed by atoms with van der Waals surface area (Å²) in [6, 6.07) is 8.72. The lowest BCUT2D eigenvalue weighted by Crippen LogP contribution is -2.50. The zero-order valence-corrected chi connectivity index (χ0v) is 11.9. The van der Waals surface area contributed by atoms with E-state index in [1.807, 2.05) is 0 Å². The third kappa shape index (κ3) is 4.36. The van der Waals surface area contributed by atoms with Crippen molar-refractivity contribution < 1.29 is 14.6 Å². The maximum atomic E-state index is 12.1. The molecule has 2 rings (SSSR count). The molecule has 1 heterocycles. The van der Waals surface area contributed by atoms with Crippen LogP contribution in [0.5, 0.6) is 11.5 Å². The van der Waals surface area contributed by atoms with Crippen LogP contribution in [0.15, 0.2) is 24.3 Å². The number of nitriles is 1. The number of piperazine rings is 1. The topological polar surface area (TPSA) is 76.8 Å². The molecule has 1 N–H and O–H groups in total. The number of phenols is 1. The third-order valence-electron chi connectivity index (χ3n) is 3.48. The molecule has 0 unspecified atom stereocenters. The Morgan fingerprint density at radius 1 is 1.29 bits per heavy atom. The standard InChI is InChI=1S/C15H19N3O3/c16-6-3-7-17-8-10-18(11-9-17)15(20)12-21-14-5-2-1-4-13(14)19/h1-2,4-5,19H,3,7-12H2. The van der Waals surface area contributed by atoms with Crippen LogP contribution in [0, 0.1) is 11.3 Å². The highest BCUT2D eigenvalue weighted by molar-refractivity contribution is 5.78. The maximum Gasteiger partial charge on any atom is 0.260 e. The van der Waals surface area contributed by atoms with Crippen LogP contribution in [0.1, 0.15) is 6.42 Å². The first-order valence-electron chi connectivity index (χ1n) is 6.98. The van der Waals surface area contributed by atoms with E-state index in [1.54, 1.807) is 23.1 Å². The van der Waals surface area contributed by atoms with E-state index in [-0.39, 0.29) is 18.3 Å². The lowest BCUT2D eigenvalue weighted by molar-refractivity contribution is -0.135. The van der Waals surface area contributed by atoms with Gasteiger partial charge in [-0.2, -0.15) is 5.26 Å². The second kappa shape index (κ2) is 7.50. The van der Waals surface area contributed by atoms with Crippen LogP contribution in [0.25, 0.3) is 0 Å². The summed E-state index contributed by atoms with van der Waals surface area (Å²) in [6.07, 6.45) is 0.518. The summed E-state index contributed by atoms with van der Waals surface area (Å²) < 4.78 is 5.35. The van der Waals surface area contributed by atoms with Gasteiger partial charge in [0.1, 0.15) is 0 Å². The van der Waals surface area contributed by atoms with Gasteiger partial charge in [0.2, 0.25) is 0 Å². The lowest BCUT2D eigenvalue weighted by atomic mass is 10.3. The van der Waals surface area contributed by atoms with Crippen molar-refractivity contribution in [3.63, 3.8) is 0 Å². The Morgan fingerprint density at radius 3 is 2.67 bits per heavy atom. The fraction of sp³-hybridized carbons (Fsp3) is 0.467. The highest BCUT2D eigenvalue weighted by Crippen LogP contribution is 2.24. The van der Waals surface area contributed by atoms with Gasteiger partial charge in [-0.05, 0) is 12.1 Å². The van der Waals surface area contributed by atoms with Gasteiger partial charge >= 0.3 is 0 Å². The summed E-state index contributed by atoms with van der Waals surface area (Å²) in [5.41, 5.74) is 0. The molecule has 0 aliphatic carbocycles. The first kappa shape index (κ1) is 15.1. The van der Waals surface area contributed by atoms with E-state index in [0.717, 1.165) is 19.6 Å². The van der Waals surface area contributed by atoms with Crippen molar-refractivity contribution in [3.05, 3.63) is 24.3 Å². The number of benzene rings is 1. The number of hydrogen-bond donors (Lipinski definition) is 1. The van der Waals surface area contributed by atoms with Crippen molar-refractivity contribution in [2.24, 2.45) is 0 Å². The zero-order chi connectivity index (χ0) is 15.1. The molecule has 0 radical (unpaired) electrons. The Balaban J connectivity index is 1.75. The zero-order valence-electron chi connectivity index (χ0n) is 11.9. The molecule has 112 valence electrons. The number of nitrogens with zero attached hydrogens (tertiary/aromatic N) is 3. The average Bonchev–Trinajstić information content (AvgIpc) is 2.52. The molecule has 0 spiro atoms. The number of carbonyl (C=O) groups excluding carboxylic acids is 1. The molecule has 21 heavy (non-hydrogen) atoms. The summed E-state index contributed by atoms with van der Waals surface area (Å²) in [5, 5.41) is 18.1. The fourth-order valence-electron chi connectivity index (χ4n) is 2.24. The Labute approximate surface area is 124 Å². The molecule has 1 fully saturated rings. The minimum absolute atomic E-state index is 0.0339. The van der Waals surface area contributed by atoms with Crippen LogP contribution in [0.2, 0.25) is 0 Å². The molecular formula is C15H19N3O3. The molecule has 1 aromatic rings. The number of carbonyl (C=O) groups is 1. The van der Waals surface area contributed by atoms with Gasteiger partial charge in [-0.1, -0.05) is 12.1 Å². The Kier molecular flexibility index (Phi) is 5.41. The molecular weight excluding hydrogens is 270 g/mol. The van der Waals surface area contributed by atoms with Gasteiger partial charge in [0, 0.05) is 39.1 Å². The summed E-state index contributed by atoms with van der Waals surface area (Å²) in [6.45, 7) is 3.54. The van der Waals surface area contributed by atoms with Gasteiger partial charge in [-0.3, -0.25) is 9.69 Å². The second-order valence-electron chi connectivity index (χ2n) is 4.89. The molecule has 1 aliphatic heterocycles. The highest BCUT2D eigenvalue weighted by Gasteiger charge is 2.21. The van der Waals surface area contributed by atoms with Gasteiger partial charge in [-0.15, -0.1) is 0 Å². The van der Waals surface area contributed by atoms with E-state index in [4.69, 9.17) is 10.00 Å². The van der Waals surface area contributed by atoms with Crippen LogP contribution >= 0.6 is 0 Å². The first-order chi connectivity index (χ1) is 10.2. The summed E-state index contributed by atoms with van der Waals surface area (Å²) in [4.78, 5) is 16.0. The average molecular weight is 289 g/mol.